The van der Waals surface area contributed by atoms with Crippen molar-refractivity contribution in [3.05, 3.63) is 52.4 Å². The van der Waals surface area contributed by atoms with Crippen LogP contribution < -0.4 is 26.0 Å². The fourth-order valence-corrected chi connectivity index (χ4v) is 5.40. The van der Waals surface area contributed by atoms with Crippen LogP contribution in [-0.4, -0.2) is 48.7 Å². The van der Waals surface area contributed by atoms with Gasteiger partial charge in [0, 0.05) is 49.9 Å². The summed E-state index contributed by atoms with van der Waals surface area (Å²) in [5.74, 6) is 0.748. The van der Waals surface area contributed by atoms with Crippen molar-refractivity contribution in [1.82, 2.24) is 14.9 Å². The molecule has 3 aromatic rings. The fourth-order valence-electron chi connectivity index (χ4n) is 5.40. The van der Waals surface area contributed by atoms with Crippen LogP contribution in [0.5, 0.6) is 5.75 Å². The first kappa shape index (κ1) is 22.5. The third-order valence-electron chi connectivity index (χ3n) is 7.30. The monoisotopic (exact) mass is 463 g/mol. The van der Waals surface area contributed by atoms with E-state index in [1.54, 1.807) is 7.11 Å². The van der Waals surface area contributed by atoms with Crippen LogP contribution >= 0.6 is 0 Å². The summed E-state index contributed by atoms with van der Waals surface area (Å²) in [5.41, 5.74) is 4.70. The number of carbonyl (C=O) groups excluding carboxylic acids is 1. The molecule has 0 spiro atoms. The van der Waals surface area contributed by atoms with E-state index in [-0.39, 0.29) is 23.6 Å². The molecule has 1 saturated carbocycles. The Morgan fingerprint density at radius 3 is 2.59 bits per heavy atom. The Bertz CT molecular complexity index is 1230. The lowest BCUT2D eigenvalue weighted by atomic mass is 9.85. The highest BCUT2D eigenvalue weighted by molar-refractivity contribution is 5.93. The highest BCUT2D eigenvalue weighted by Gasteiger charge is 2.29. The van der Waals surface area contributed by atoms with Gasteiger partial charge in [0.05, 0.1) is 23.8 Å². The average molecular weight is 464 g/mol. The van der Waals surface area contributed by atoms with Crippen molar-refractivity contribution in [2.75, 3.05) is 43.5 Å². The Morgan fingerprint density at radius 2 is 1.85 bits per heavy atom. The fraction of sp³-hybridized carbons (Fsp3) is 0.462. The first-order chi connectivity index (χ1) is 16.5. The minimum atomic E-state index is -0.0581. The van der Waals surface area contributed by atoms with Crippen molar-refractivity contribution < 1.29 is 9.53 Å². The molecule has 1 amide bonds. The lowest BCUT2D eigenvalue weighted by Gasteiger charge is -2.30. The molecule has 3 N–H and O–H groups in total. The van der Waals surface area contributed by atoms with Crippen LogP contribution in [0.4, 0.5) is 11.4 Å². The van der Waals surface area contributed by atoms with Gasteiger partial charge < -0.3 is 25.3 Å². The number of aromatic nitrogens is 2. The summed E-state index contributed by atoms with van der Waals surface area (Å²) in [6, 6.07) is 12.0. The first-order valence-electron chi connectivity index (χ1n) is 12.2. The minimum Gasteiger partial charge on any atom is -0.496 e. The van der Waals surface area contributed by atoms with Crippen LogP contribution in [0.2, 0.25) is 0 Å². The molecule has 8 nitrogen and oxygen atoms in total. The van der Waals surface area contributed by atoms with Gasteiger partial charge in [0.15, 0.2) is 0 Å². The summed E-state index contributed by atoms with van der Waals surface area (Å²) in [6.45, 7) is 5.73. The van der Waals surface area contributed by atoms with Crippen LogP contribution in [-0.2, 0) is 4.79 Å². The van der Waals surface area contributed by atoms with E-state index < -0.39 is 0 Å². The Labute approximate surface area is 199 Å². The quantitative estimate of drug-likeness (QED) is 0.539. The highest BCUT2D eigenvalue weighted by atomic mass is 16.5. The molecule has 0 unspecified atom stereocenters. The van der Waals surface area contributed by atoms with Crippen LogP contribution in [0.1, 0.15) is 37.3 Å². The molecule has 2 fully saturated rings. The number of H-pyrrole nitrogens is 1. The third kappa shape index (κ3) is 4.30. The number of rotatable bonds is 5. The molecule has 34 heavy (non-hydrogen) atoms. The number of piperazine rings is 1. The second-order valence-electron chi connectivity index (χ2n) is 9.39. The second kappa shape index (κ2) is 9.54. The van der Waals surface area contributed by atoms with Gasteiger partial charge in [0.2, 0.25) is 5.91 Å². The van der Waals surface area contributed by atoms with Gasteiger partial charge in [-0.2, -0.15) is 0 Å². The number of benzene rings is 2. The average Bonchev–Trinajstić information content (AvgIpc) is 3.21. The molecule has 0 radical (unpaired) electrons. The van der Waals surface area contributed by atoms with Crippen molar-refractivity contribution >= 4 is 28.3 Å². The molecule has 1 aliphatic carbocycles. The number of ether oxygens (including phenoxy) is 1. The normalized spacial score (nSPS) is 20.9. The molecule has 0 bridgehead atoms. The number of carbonyl (C=O) groups is 1. The molecule has 2 aromatic carbocycles. The van der Waals surface area contributed by atoms with Gasteiger partial charge in [-0.25, -0.2) is 4.79 Å². The summed E-state index contributed by atoms with van der Waals surface area (Å²) in [5, 5.41) is 6.42. The van der Waals surface area contributed by atoms with E-state index in [9.17, 15) is 9.59 Å². The lowest BCUT2D eigenvalue weighted by molar-refractivity contribution is -0.121. The maximum absolute atomic E-state index is 13.0. The predicted molar refractivity (Wildman–Crippen MR) is 135 cm³/mol. The second-order valence-corrected chi connectivity index (χ2v) is 9.39. The zero-order valence-corrected chi connectivity index (χ0v) is 19.9. The zero-order chi connectivity index (χ0) is 23.7. The standard InChI is InChI=1S/C26H33N5O3/c1-17-6-9-19(16-23(17)34-2)28-25(32)18-7-10-20(11-8-18)31-22-5-3-4-21(24(22)29-26(31)33)30-14-12-27-13-15-30/h3-6,9,16,18,20,27H,7-8,10-15H2,1-2H3,(H,28,32)(H,29,33). The first-order valence-corrected chi connectivity index (χ1v) is 12.2. The highest BCUT2D eigenvalue weighted by Crippen LogP contribution is 2.35. The maximum Gasteiger partial charge on any atom is 0.326 e. The Morgan fingerprint density at radius 1 is 1.09 bits per heavy atom. The van der Waals surface area contributed by atoms with Crippen LogP contribution in [0, 0.1) is 12.8 Å². The molecule has 5 rings (SSSR count). The molecule has 1 saturated heterocycles. The number of nitrogens with one attached hydrogen (secondary N) is 3. The summed E-state index contributed by atoms with van der Waals surface area (Å²) in [6.07, 6.45) is 3.13. The number of fused-ring (bicyclic) bond motifs is 1. The molecular formula is C26H33N5O3. The van der Waals surface area contributed by atoms with E-state index in [1.165, 1.54) is 0 Å². The van der Waals surface area contributed by atoms with E-state index >= 15 is 0 Å². The minimum absolute atomic E-state index is 0.0385. The summed E-state index contributed by atoms with van der Waals surface area (Å²) in [7, 11) is 1.63. The molecular weight excluding hydrogens is 430 g/mol. The van der Waals surface area contributed by atoms with Crippen LogP contribution in [0.15, 0.2) is 41.2 Å². The number of imidazole rings is 1. The van der Waals surface area contributed by atoms with Crippen molar-refractivity contribution in [1.29, 1.82) is 0 Å². The van der Waals surface area contributed by atoms with Crippen molar-refractivity contribution in [3.63, 3.8) is 0 Å². The van der Waals surface area contributed by atoms with Crippen LogP contribution in [0.25, 0.3) is 11.0 Å². The van der Waals surface area contributed by atoms with Gasteiger partial charge in [0.25, 0.3) is 0 Å². The lowest BCUT2D eigenvalue weighted by Crippen LogP contribution is -2.43. The number of aryl methyl sites for hydroxylation is 1. The molecule has 180 valence electrons. The van der Waals surface area contributed by atoms with Crippen LogP contribution in [0.3, 0.4) is 0 Å². The van der Waals surface area contributed by atoms with Gasteiger partial charge in [-0.3, -0.25) is 9.36 Å². The third-order valence-corrected chi connectivity index (χ3v) is 7.30. The summed E-state index contributed by atoms with van der Waals surface area (Å²) < 4.78 is 7.29. The number of hydrogen-bond donors (Lipinski definition) is 3. The van der Waals surface area contributed by atoms with E-state index in [1.807, 2.05) is 41.8 Å². The van der Waals surface area contributed by atoms with Gasteiger partial charge in [0.1, 0.15) is 5.75 Å². The molecule has 0 atom stereocenters. The predicted octanol–water partition coefficient (Wildman–Crippen LogP) is 3.43. The van der Waals surface area contributed by atoms with E-state index in [0.717, 1.165) is 85.6 Å². The number of para-hydroxylation sites is 1. The number of amides is 1. The van der Waals surface area contributed by atoms with Crippen molar-refractivity contribution in [3.8, 4) is 5.75 Å². The Kier molecular flexibility index (Phi) is 6.32. The summed E-state index contributed by atoms with van der Waals surface area (Å²) in [4.78, 5) is 31.4. The number of hydrogen-bond acceptors (Lipinski definition) is 5. The number of anilines is 2. The number of nitrogens with zero attached hydrogens (tertiary/aromatic N) is 2. The maximum atomic E-state index is 13.0. The van der Waals surface area contributed by atoms with Gasteiger partial charge >= 0.3 is 5.69 Å². The molecule has 2 aliphatic rings. The molecule has 2 heterocycles. The topological polar surface area (TPSA) is 91.4 Å². The molecule has 8 heteroatoms. The largest absolute Gasteiger partial charge is 0.496 e. The van der Waals surface area contributed by atoms with E-state index in [4.69, 9.17) is 4.74 Å². The Balaban J connectivity index is 1.29. The van der Waals surface area contributed by atoms with Gasteiger partial charge in [-0.1, -0.05) is 12.1 Å². The van der Waals surface area contributed by atoms with Crippen molar-refractivity contribution in [2.45, 2.75) is 38.6 Å². The SMILES string of the molecule is COc1cc(NC(=O)C2CCC(n3c(=O)[nH]c4c(N5CCNCC5)cccc43)CC2)ccc1C. The molecule has 1 aliphatic heterocycles. The Hall–Kier alpha value is -3.26. The van der Waals surface area contributed by atoms with Gasteiger partial charge in [-0.05, 0) is 56.4 Å². The number of methoxy groups -OCH3 is 1. The smallest absolute Gasteiger partial charge is 0.326 e. The van der Waals surface area contributed by atoms with E-state index in [2.05, 4.69) is 26.6 Å². The zero-order valence-electron chi connectivity index (χ0n) is 19.9. The van der Waals surface area contributed by atoms with E-state index in [0.29, 0.717) is 0 Å². The van der Waals surface area contributed by atoms with Crippen molar-refractivity contribution in [2.24, 2.45) is 5.92 Å². The molecule has 1 aromatic heterocycles. The van der Waals surface area contributed by atoms with Gasteiger partial charge in [-0.15, -0.1) is 0 Å². The number of aromatic amines is 1. The summed E-state index contributed by atoms with van der Waals surface area (Å²) >= 11 is 0.